The molecule has 0 saturated carbocycles. The molecule has 3 aromatic rings. The second-order valence-corrected chi connectivity index (χ2v) is 5.70. The summed E-state index contributed by atoms with van der Waals surface area (Å²) in [6.07, 6.45) is 0. The fraction of sp³-hybridized carbons (Fsp3) is 0. The minimum Gasteiger partial charge on any atom is -0.382 e. The average molecular weight is 321 g/mol. The summed E-state index contributed by atoms with van der Waals surface area (Å²) in [5.41, 5.74) is 7.92. The number of aromatic amines is 1. The van der Waals surface area contributed by atoms with Crippen LogP contribution in [0.4, 0.5) is 10.8 Å². The van der Waals surface area contributed by atoms with Gasteiger partial charge in [0, 0.05) is 16.7 Å². The maximum absolute atomic E-state index is 10.8. The van der Waals surface area contributed by atoms with Crippen LogP contribution in [0.1, 0.15) is 0 Å². The predicted octanol–water partition coefficient (Wildman–Crippen LogP) is 3.95. The molecule has 6 nitrogen and oxygen atoms in total. The summed E-state index contributed by atoms with van der Waals surface area (Å²) in [4.78, 5) is 11.1. The number of nitrogens with two attached hydrogens (primary N) is 1. The lowest BCUT2D eigenvalue weighted by Crippen LogP contribution is -1.89. The highest BCUT2D eigenvalue weighted by molar-refractivity contribution is 7.18. The van der Waals surface area contributed by atoms with E-state index in [1.165, 1.54) is 6.07 Å². The number of hydrogen-bond donors (Lipinski definition) is 2. The molecular formula is C13H9ClN4O2S. The van der Waals surface area contributed by atoms with Gasteiger partial charge in [0.15, 0.2) is 5.82 Å². The first-order valence-corrected chi connectivity index (χ1v) is 7.10. The summed E-state index contributed by atoms with van der Waals surface area (Å²) in [6, 6.07) is 10.4. The van der Waals surface area contributed by atoms with E-state index in [2.05, 4.69) is 10.2 Å². The normalized spacial score (nSPS) is 10.7. The van der Waals surface area contributed by atoms with Crippen LogP contribution in [0.25, 0.3) is 21.7 Å². The fourth-order valence-electron chi connectivity index (χ4n) is 2.03. The van der Waals surface area contributed by atoms with Gasteiger partial charge in [0.25, 0.3) is 0 Å². The number of aromatic nitrogens is 2. The van der Waals surface area contributed by atoms with Crippen LogP contribution in [-0.4, -0.2) is 15.1 Å². The Labute approximate surface area is 128 Å². The van der Waals surface area contributed by atoms with Crippen molar-refractivity contribution in [3.05, 3.63) is 51.5 Å². The van der Waals surface area contributed by atoms with Gasteiger partial charge in [0.2, 0.25) is 0 Å². The van der Waals surface area contributed by atoms with Gasteiger partial charge in [-0.3, -0.25) is 15.2 Å². The lowest BCUT2D eigenvalue weighted by atomic mass is 10.0. The largest absolute Gasteiger partial charge is 0.382 e. The number of nitrogens with one attached hydrogen (secondary N) is 1. The van der Waals surface area contributed by atoms with Crippen LogP contribution in [0.3, 0.4) is 0 Å². The highest BCUT2D eigenvalue weighted by atomic mass is 35.5. The highest BCUT2D eigenvalue weighted by Gasteiger charge is 2.20. The number of hydrogen-bond acceptors (Lipinski definition) is 5. The maximum Gasteiger partial charge on any atom is 0.324 e. The Bertz CT molecular complexity index is 827. The number of nitrogen functional groups attached to an aromatic ring is 1. The monoisotopic (exact) mass is 320 g/mol. The number of halogens is 1. The van der Waals surface area contributed by atoms with Gasteiger partial charge in [-0.25, -0.2) is 0 Å². The number of H-pyrrole nitrogens is 1. The summed E-state index contributed by atoms with van der Waals surface area (Å²) >= 11 is 7.25. The molecule has 0 aliphatic heterocycles. The van der Waals surface area contributed by atoms with Crippen LogP contribution >= 0.6 is 22.9 Å². The van der Waals surface area contributed by atoms with E-state index in [0.717, 1.165) is 16.9 Å². The summed E-state index contributed by atoms with van der Waals surface area (Å²) in [7, 11) is 0. The quantitative estimate of drug-likeness (QED) is 0.564. The maximum atomic E-state index is 10.8. The minimum absolute atomic E-state index is 0.0586. The lowest BCUT2D eigenvalue weighted by molar-refractivity contribution is -0.380. The van der Waals surface area contributed by atoms with Gasteiger partial charge in [-0.2, -0.15) is 5.10 Å². The van der Waals surface area contributed by atoms with Gasteiger partial charge in [-0.1, -0.05) is 41.1 Å². The number of thiophene rings is 1. The molecule has 21 heavy (non-hydrogen) atoms. The Hall–Kier alpha value is -2.38. The van der Waals surface area contributed by atoms with Crippen LogP contribution in [0.2, 0.25) is 5.02 Å². The molecule has 3 N–H and O–H groups in total. The predicted molar refractivity (Wildman–Crippen MR) is 83.4 cm³/mol. The molecule has 8 heteroatoms. The average Bonchev–Trinajstić information content (AvgIpc) is 3.06. The van der Waals surface area contributed by atoms with Crippen molar-refractivity contribution in [2.75, 3.05) is 5.73 Å². The smallest absolute Gasteiger partial charge is 0.324 e. The molecule has 3 rings (SSSR count). The Balaban J connectivity index is 2.17. The Morgan fingerprint density at radius 1 is 1.29 bits per heavy atom. The third-order valence-corrected chi connectivity index (χ3v) is 4.34. The zero-order valence-corrected chi connectivity index (χ0v) is 12.1. The molecular weight excluding hydrogens is 312 g/mol. The van der Waals surface area contributed by atoms with Crippen LogP contribution < -0.4 is 5.73 Å². The van der Waals surface area contributed by atoms with E-state index < -0.39 is 4.92 Å². The molecule has 0 amide bonds. The summed E-state index contributed by atoms with van der Waals surface area (Å²) < 4.78 is 0. The van der Waals surface area contributed by atoms with Gasteiger partial charge in [0.05, 0.1) is 21.1 Å². The van der Waals surface area contributed by atoms with Gasteiger partial charge in [-0.15, -0.1) is 0 Å². The van der Waals surface area contributed by atoms with E-state index in [1.54, 1.807) is 12.1 Å². The number of nitro groups is 1. The number of anilines is 1. The Morgan fingerprint density at radius 2 is 2.05 bits per heavy atom. The topological polar surface area (TPSA) is 97.8 Å². The minimum atomic E-state index is -0.428. The second kappa shape index (κ2) is 5.19. The van der Waals surface area contributed by atoms with Gasteiger partial charge >= 0.3 is 5.00 Å². The number of rotatable bonds is 3. The van der Waals surface area contributed by atoms with Gasteiger partial charge in [0.1, 0.15) is 0 Å². The van der Waals surface area contributed by atoms with Crippen molar-refractivity contribution in [3.8, 4) is 21.7 Å². The first-order chi connectivity index (χ1) is 10.1. The molecule has 0 fully saturated rings. The molecule has 1 aromatic carbocycles. The fourth-order valence-corrected chi connectivity index (χ4v) is 3.08. The zero-order valence-electron chi connectivity index (χ0n) is 10.5. The molecule has 0 aliphatic rings. The van der Waals surface area contributed by atoms with Crippen molar-refractivity contribution >= 4 is 33.8 Å². The van der Waals surface area contributed by atoms with Crippen LogP contribution in [0.5, 0.6) is 0 Å². The van der Waals surface area contributed by atoms with E-state index >= 15 is 0 Å². The first kappa shape index (κ1) is 13.6. The summed E-state index contributed by atoms with van der Waals surface area (Å²) in [6.45, 7) is 0. The molecule has 0 aliphatic carbocycles. The van der Waals surface area contributed by atoms with Crippen molar-refractivity contribution in [1.82, 2.24) is 10.2 Å². The van der Waals surface area contributed by atoms with Crippen LogP contribution in [-0.2, 0) is 0 Å². The third-order valence-electron chi connectivity index (χ3n) is 2.96. The van der Waals surface area contributed by atoms with Crippen molar-refractivity contribution < 1.29 is 4.92 Å². The highest BCUT2D eigenvalue weighted by Crippen LogP contribution is 2.41. The zero-order chi connectivity index (χ0) is 15.0. The van der Waals surface area contributed by atoms with Gasteiger partial charge in [-0.05, 0) is 12.1 Å². The molecule has 2 heterocycles. The summed E-state index contributed by atoms with van der Waals surface area (Å²) in [5, 5.41) is 18.2. The van der Waals surface area contributed by atoms with Crippen molar-refractivity contribution in [2.45, 2.75) is 0 Å². The molecule has 0 atom stereocenters. The van der Waals surface area contributed by atoms with Crippen LogP contribution in [0.15, 0.2) is 36.4 Å². The van der Waals surface area contributed by atoms with Crippen molar-refractivity contribution in [1.29, 1.82) is 0 Å². The standard InChI is InChI=1S/C13H9ClN4O2S/c14-8-4-2-1-3-7(8)11-12(16-17-13(11)15)9-5-6-10(21-9)18(19)20/h1-6H,(H3,15,16,17). The van der Waals surface area contributed by atoms with E-state index in [0.29, 0.717) is 27.0 Å². The molecule has 0 bridgehead atoms. The molecule has 0 spiro atoms. The lowest BCUT2D eigenvalue weighted by Gasteiger charge is -2.04. The third kappa shape index (κ3) is 2.37. The molecule has 2 aromatic heterocycles. The first-order valence-electron chi connectivity index (χ1n) is 5.91. The molecule has 0 radical (unpaired) electrons. The molecule has 0 saturated heterocycles. The number of nitrogens with zero attached hydrogens (tertiary/aromatic N) is 2. The van der Waals surface area contributed by atoms with E-state index in [1.807, 2.05) is 18.2 Å². The van der Waals surface area contributed by atoms with Gasteiger partial charge < -0.3 is 5.73 Å². The van der Waals surface area contributed by atoms with E-state index in [9.17, 15) is 10.1 Å². The molecule has 106 valence electrons. The van der Waals surface area contributed by atoms with Crippen molar-refractivity contribution in [2.24, 2.45) is 0 Å². The second-order valence-electron chi connectivity index (χ2n) is 4.23. The number of benzene rings is 1. The molecule has 0 unspecified atom stereocenters. The SMILES string of the molecule is Nc1n[nH]c(-c2ccc([N+](=O)[O-])s2)c1-c1ccccc1Cl. The van der Waals surface area contributed by atoms with E-state index in [4.69, 9.17) is 17.3 Å². The van der Waals surface area contributed by atoms with Crippen LogP contribution in [0, 0.1) is 10.1 Å². The van der Waals surface area contributed by atoms with E-state index in [-0.39, 0.29) is 5.00 Å². The summed E-state index contributed by atoms with van der Waals surface area (Å²) in [5.74, 6) is 0.300. The Morgan fingerprint density at radius 3 is 2.71 bits per heavy atom. The Kier molecular flexibility index (Phi) is 3.36. The van der Waals surface area contributed by atoms with Crippen molar-refractivity contribution in [3.63, 3.8) is 0 Å².